The molecule has 0 aromatic carbocycles. The van der Waals surface area contributed by atoms with Crippen LogP contribution in [0.25, 0.3) is 0 Å². The van der Waals surface area contributed by atoms with Crippen LogP contribution in [0.5, 0.6) is 0 Å². The van der Waals surface area contributed by atoms with Crippen LogP contribution in [0.15, 0.2) is 11.1 Å². The molecule has 0 radical (unpaired) electrons. The average Bonchev–Trinajstić information content (AvgIpc) is 3.09. The van der Waals surface area contributed by atoms with Crippen LogP contribution >= 0.6 is 11.8 Å². The summed E-state index contributed by atoms with van der Waals surface area (Å²) in [5.41, 5.74) is -0.614. The summed E-state index contributed by atoms with van der Waals surface area (Å²) in [6, 6.07) is 0. The Morgan fingerprint density at radius 2 is 2.12 bits per heavy atom. The first-order valence-electron chi connectivity index (χ1n) is 7.99. The van der Waals surface area contributed by atoms with Crippen LogP contribution in [0.3, 0.4) is 0 Å². The Morgan fingerprint density at radius 3 is 2.75 bits per heavy atom. The first-order chi connectivity index (χ1) is 11.2. The molecule has 2 rings (SSSR count). The molecule has 136 valence electrons. The molecular weight excluding hydrogens is 335 g/mol. The van der Waals surface area contributed by atoms with Crippen molar-refractivity contribution in [1.82, 2.24) is 9.80 Å². The SMILES string of the molecule is COC(=O)CCC1=CN(C2C[C@H](F)CN2C(=O)OC(C)(C)C)CS1. The maximum absolute atomic E-state index is 13.9. The van der Waals surface area contributed by atoms with Crippen molar-refractivity contribution in [2.75, 3.05) is 19.5 Å². The van der Waals surface area contributed by atoms with E-state index in [0.29, 0.717) is 18.7 Å². The highest BCUT2D eigenvalue weighted by Crippen LogP contribution is 2.35. The summed E-state index contributed by atoms with van der Waals surface area (Å²) in [4.78, 5) is 28.0. The minimum absolute atomic E-state index is 0.0477. The number of hydrogen-bond donors (Lipinski definition) is 0. The molecule has 2 aliphatic rings. The number of alkyl halides is 1. The molecule has 24 heavy (non-hydrogen) atoms. The first kappa shape index (κ1) is 18.9. The second kappa shape index (κ2) is 7.63. The first-order valence-corrected chi connectivity index (χ1v) is 8.98. The third-order valence-corrected chi connectivity index (χ3v) is 4.85. The van der Waals surface area contributed by atoms with Gasteiger partial charge in [0.25, 0.3) is 0 Å². The fraction of sp³-hybridized carbons (Fsp3) is 0.750. The van der Waals surface area contributed by atoms with Gasteiger partial charge in [-0.2, -0.15) is 0 Å². The van der Waals surface area contributed by atoms with Gasteiger partial charge in [-0.1, -0.05) is 0 Å². The molecule has 8 heteroatoms. The van der Waals surface area contributed by atoms with Crippen LogP contribution in [0.1, 0.15) is 40.0 Å². The zero-order valence-electron chi connectivity index (χ0n) is 14.6. The van der Waals surface area contributed by atoms with E-state index in [1.165, 1.54) is 12.0 Å². The van der Waals surface area contributed by atoms with E-state index in [1.807, 2.05) is 11.1 Å². The zero-order chi connectivity index (χ0) is 17.9. The molecule has 1 saturated heterocycles. The molecule has 6 nitrogen and oxygen atoms in total. The molecule has 1 unspecified atom stereocenters. The highest BCUT2D eigenvalue weighted by atomic mass is 32.2. The van der Waals surface area contributed by atoms with Crippen molar-refractivity contribution in [3.63, 3.8) is 0 Å². The van der Waals surface area contributed by atoms with E-state index in [0.717, 1.165) is 4.91 Å². The van der Waals surface area contributed by atoms with E-state index in [4.69, 9.17) is 4.74 Å². The number of thioether (sulfide) groups is 1. The van der Waals surface area contributed by atoms with Crippen molar-refractivity contribution in [1.29, 1.82) is 0 Å². The van der Waals surface area contributed by atoms with Crippen LogP contribution in [0, 0.1) is 0 Å². The van der Waals surface area contributed by atoms with Gasteiger partial charge in [-0.25, -0.2) is 9.18 Å². The lowest BCUT2D eigenvalue weighted by Gasteiger charge is -2.33. The minimum Gasteiger partial charge on any atom is -0.469 e. The number of ether oxygens (including phenoxy) is 2. The van der Waals surface area contributed by atoms with Gasteiger partial charge in [0.2, 0.25) is 0 Å². The zero-order valence-corrected chi connectivity index (χ0v) is 15.4. The van der Waals surface area contributed by atoms with Gasteiger partial charge in [-0.05, 0) is 27.2 Å². The van der Waals surface area contributed by atoms with Crippen LogP contribution in [0.2, 0.25) is 0 Å². The van der Waals surface area contributed by atoms with Crippen LogP contribution in [-0.4, -0.2) is 59.3 Å². The molecule has 0 aromatic rings. The molecule has 1 fully saturated rings. The van der Waals surface area contributed by atoms with Gasteiger partial charge in [0.15, 0.2) is 0 Å². The molecule has 0 saturated carbocycles. The highest BCUT2D eigenvalue weighted by molar-refractivity contribution is 8.03. The molecule has 0 spiro atoms. The Bertz CT molecular complexity index is 521. The van der Waals surface area contributed by atoms with Gasteiger partial charge in [-0.15, -0.1) is 11.8 Å². The molecule has 2 atom stereocenters. The Balaban J connectivity index is 2.00. The van der Waals surface area contributed by atoms with Crippen LogP contribution < -0.4 is 0 Å². The lowest BCUT2D eigenvalue weighted by atomic mass is 10.2. The van der Waals surface area contributed by atoms with Crippen molar-refractivity contribution in [3.05, 3.63) is 11.1 Å². The van der Waals surface area contributed by atoms with Crippen molar-refractivity contribution < 1.29 is 23.5 Å². The number of methoxy groups -OCH3 is 1. The van der Waals surface area contributed by atoms with Gasteiger partial charge in [0.05, 0.1) is 26.0 Å². The Morgan fingerprint density at radius 1 is 1.42 bits per heavy atom. The maximum atomic E-state index is 13.9. The third-order valence-electron chi connectivity index (χ3n) is 3.74. The van der Waals surface area contributed by atoms with E-state index in [-0.39, 0.29) is 25.1 Å². The number of carbonyl (C=O) groups is 2. The average molecular weight is 360 g/mol. The number of nitrogens with zero attached hydrogens (tertiary/aromatic N) is 2. The summed E-state index contributed by atoms with van der Waals surface area (Å²) < 4.78 is 23.9. The normalized spacial score (nSPS) is 24.1. The number of halogens is 1. The summed E-state index contributed by atoms with van der Waals surface area (Å²) >= 11 is 1.60. The van der Waals surface area contributed by atoms with E-state index < -0.39 is 17.9 Å². The van der Waals surface area contributed by atoms with Gasteiger partial charge < -0.3 is 14.4 Å². The van der Waals surface area contributed by atoms with E-state index >= 15 is 0 Å². The van der Waals surface area contributed by atoms with Crippen molar-refractivity contribution >= 4 is 23.8 Å². The van der Waals surface area contributed by atoms with Crippen molar-refractivity contribution in [2.24, 2.45) is 0 Å². The van der Waals surface area contributed by atoms with Crippen molar-refractivity contribution in [2.45, 2.75) is 58.0 Å². The Labute approximate surface area is 146 Å². The number of hydrogen-bond acceptors (Lipinski definition) is 6. The predicted molar refractivity (Wildman–Crippen MR) is 89.9 cm³/mol. The van der Waals surface area contributed by atoms with Crippen LogP contribution in [-0.2, 0) is 14.3 Å². The number of likely N-dealkylation sites (tertiary alicyclic amines) is 1. The summed E-state index contributed by atoms with van der Waals surface area (Å²) in [5.74, 6) is 0.378. The molecule has 2 heterocycles. The Kier molecular flexibility index (Phi) is 6.01. The second-order valence-corrected chi connectivity index (χ2v) is 7.98. The standard InChI is InChI=1S/C16H25FN2O4S/c1-16(2,3)23-15(21)19-8-11(17)7-13(19)18-9-12(24-10-18)5-6-14(20)22-4/h9,11,13H,5-8,10H2,1-4H3/t11-,13?/m0/s1. The third kappa shape index (κ3) is 5.03. The monoisotopic (exact) mass is 360 g/mol. The van der Waals surface area contributed by atoms with Gasteiger partial charge in [0, 0.05) is 17.5 Å². The topological polar surface area (TPSA) is 59.1 Å². The molecule has 0 N–H and O–H groups in total. The summed E-state index contributed by atoms with van der Waals surface area (Å²) in [7, 11) is 1.36. The van der Waals surface area contributed by atoms with Crippen molar-refractivity contribution in [3.8, 4) is 0 Å². The van der Waals surface area contributed by atoms with Gasteiger partial charge in [0.1, 0.15) is 17.9 Å². The summed E-state index contributed by atoms with van der Waals surface area (Å²) in [6.07, 6.45) is 1.18. The molecule has 1 amide bonds. The maximum Gasteiger partial charge on any atom is 0.412 e. The number of amides is 1. The molecule has 0 aliphatic carbocycles. The number of allylic oxidation sites excluding steroid dienone is 1. The van der Waals surface area contributed by atoms with E-state index in [2.05, 4.69) is 4.74 Å². The molecular formula is C16H25FN2O4S. The highest BCUT2D eigenvalue weighted by Gasteiger charge is 2.41. The molecule has 0 bridgehead atoms. The number of carbonyl (C=O) groups excluding carboxylic acids is 2. The van der Waals surface area contributed by atoms with E-state index in [1.54, 1.807) is 32.5 Å². The molecule has 0 aromatic heterocycles. The van der Waals surface area contributed by atoms with E-state index in [9.17, 15) is 14.0 Å². The van der Waals surface area contributed by atoms with Crippen LogP contribution in [0.4, 0.5) is 9.18 Å². The summed E-state index contributed by atoms with van der Waals surface area (Å²) in [5, 5.41) is 0. The number of rotatable bonds is 4. The lowest BCUT2D eigenvalue weighted by molar-refractivity contribution is -0.140. The second-order valence-electron chi connectivity index (χ2n) is 6.91. The lowest BCUT2D eigenvalue weighted by Crippen LogP contribution is -2.46. The smallest absolute Gasteiger partial charge is 0.412 e. The largest absolute Gasteiger partial charge is 0.469 e. The minimum atomic E-state index is -1.06. The van der Waals surface area contributed by atoms with Gasteiger partial charge >= 0.3 is 12.1 Å². The quantitative estimate of drug-likeness (QED) is 0.718. The fourth-order valence-electron chi connectivity index (χ4n) is 2.65. The summed E-state index contributed by atoms with van der Waals surface area (Å²) in [6.45, 7) is 5.42. The predicted octanol–water partition coefficient (Wildman–Crippen LogP) is 3.09. The number of esters is 1. The van der Waals surface area contributed by atoms with Gasteiger partial charge in [-0.3, -0.25) is 9.69 Å². The Hall–Kier alpha value is -1.44. The fourth-order valence-corrected chi connectivity index (χ4v) is 3.67. The molecule has 2 aliphatic heterocycles.